The van der Waals surface area contributed by atoms with Crippen LogP contribution in [-0.2, 0) is 26.9 Å². The fourth-order valence-corrected chi connectivity index (χ4v) is 3.89. The first-order valence-electron chi connectivity index (χ1n) is 9.40. The predicted molar refractivity (Wildman–Crippen MR) is 101 cm³/mol. The highest BCUT2D eigenvalue weighted by molar-refractivity contribution is 5.31. The van der Waals surface area contributed by atoms with Crippen LogP contribution >= 0.6 is 0 Å². The number of hydrogen-bond donors (Lipinski definition) is 1. The van der Waals surface area contributed by atoms with Crippen LogP contribution in [0.4, 0.5) is 0 Å². The van der Waals surface area contributed by atoms with Crippen molar-refractivity contribution in [3.63, 3.8) is 0 Å². The highest BCUT2D eigenvalue weighted by Gasteiger charge is 2.26. The zero-order valence-corrected chi connectivity index (χ0v) is 15.6. The summed E-state index contributed by atoms with van der Waals surface area (Å²) >= 11 is 0. The standard InChI is InChI=1S/C20H27N5O/c1-24-19(23-25(2)20(24)26)13-17-5-3-4-6-18(17)22-12-11-15-7-9-16(14-21)10-8-15/h7-10,17-18,22H,3-6,11-13H2,1-2H3/t17-,18-/m1/s1. The van der Waals surface area contributed by atoms with E-state index in [4.69, 9.17) is 5.26 Å². The third-order valence-corrected chi connectivity index (χ3v) is 5.47. The van der Waals surface area contributed by atoms with Gasteiger partial charge in [-0.05, 0) is 49.4 Å². The average Bonchev–Trinajstić information content (AvgIpc) is 2.90. The molecule has 0 spiro atoms. The van der Waals surface area contributed by atoms with Crippen LogP contribution in [0.25, 0.3) is 0 Å². The molecular formula is C20H27N5O. The molecule has 0 amide bonds. The minimum Gasteiger partial charge on any atom is -0.313 e. The maximum atomic E-state index is 11.9. The molecule has 0 radical (unpaired) electrons. The Hall–Kier alpha value is -2.39. The second kappa shape index (κ2) is 8.33. The second-order valence-corrected chi connectivity index (χ2v) is 7.25. The van der Waals surface area contributed by atoms with E-state index < -0.39 is 0 Å². The van der Waals surface area contributed by atoms with Crippen molar-refractivity contribution in [1.29, 1.82) is 5.26 Å². The van der Waals surface area contributed by atoms with Gasteiger partial charge < -0.3 is 5.32 Å². The number of hydrogen-bond acceptors (Lipinski definition) is 4. The monoisotopic (exact) mass is 353 g/mol. The van der Waals surface area contributed by atoms with E-state index in [9.17, 15) is 4.79 Å². The first kappa shape index (κ1) is 18.4. The van der Waals surface area contributed by atoms with Gasteiger partial charge in [0.1, 0.15) is 5.82 Å². The van der Waals surface area contributed by atoms with Gasteiger partial charge >= 0.3 is 5.69 Å². The van der Waals surface area contributed by atoms with E-state index in [-0.39, 0.29) is 5.69 Å². The Bertz CT molecular complexity index is 827. The molecule has 0 aliphatic heterocycles. The van der Waals surface area contributed by atoms with Gasteiger partial charge in [-0.25, -0.2) is 9.48 Å². The van der Waals surface area contributed by atoms with Gasteiger partial charge in [-0.2, -0.15) is 10.4 Å². The Kier molecular flexibility index (Phi) is 5.89. The molecule has 3 rings (SSSR count). The zero-order chi connectivity index (χ0) is 18.5. The summed E-state index contributed by atoms with van der Waals surface area (Å²) in [4.78, 5) is 11.9. The van der Waals surface area contributed by atoms with E-state index in [2.05, 4.69) is 16.5 Å². The van der Waals surface area contributed by atoms with Crippen LogP contribution in [-0.4, -0.2) is 26.9 Å². The van der Waals surface area contributed by atoms with E-state index in [0.29, 0.717) is 17.5 Å². The maximum Gasteiger partial charge on any atom is 0.345 e. The summed E-state index contributed by atoms with van der Waals surface area (Å²) in [5, 5.41) is 17.0. The number of rotatable bonds is 6. The van der Waals surface area contributed by atoms with Gasteiger partial charge in [0.2, 0.25) is 0 Å². The third kappa shape index (κ3) is 4.23. The molecule has 1 aromatic heterocycles. The summed E-state index contributed by atoms with van der Waals surface area (Å²) in [5.74, 6) is 1.40. The number of nitrogens with one attached hydrogen (secondary N) is 1. The second-order valence-electron chi connectivity index (χ2n) is 7.25. The average molecular weight is 353 g/mol. The quantitative estimate of drug-likeness (QED) is 0.861. The lowest BCUT2D eigenvalue weighted by atomic mass is 9.82. The molecule has 1 N–H and O–H groups in total. The Morgan fingerprint density at radius 3 is 2.62 bits per heavy atom. The first-order valence-corrected chi connectivity index (χ1v) is 9.40. The minimum atomic E-state index is -0.0545. The summed E-state index contributed by atoms with van der Waals surface area (Å²) in [7, 11) is 3.51. The van der Waals surface area contributed by atoms with E-state index in [1.54, 1.807) is 18.7 Å². The van der Waals surface area contributed by atoms with Crippen LogP contribution in [0.2, 0.25) is 0 Å². The predicted octanol–water partition coefficient (Wildman–Crippen LogP) is 1.92. The molecule has 1 aromatic carbocycles. The molecule has 1 aliphatic rings. The van der Waals surface area contributed by atoms with Gasteiger partial charge in [0.25, 0.3) is 0 Å². The molecule has 6 heteroatoms. The van der Waals surface area contributed by atoms with Gasteiger partial charge in [0.05, 0.1) is 11.6 Å². The normalized spacial score (nSPS) is 20.0. The lowest BCUT2D eigenvalue weighted by Gasteiger charge is -2.32. The SMILES string of the molecule is Cn1nc(C[C@H]2CCCC[C@H]2NCCc2ccc(C#N)cc2)n(C)c1=O. The van der Waals surface area contributed by atoms with Crippen molar-refractivity contribution in [2.24, 2.45) is 20.0 Å². The van der Waals surface area contributed by atoms with Crippen LogP contribution in [0.5, 0.6) is 0 Å². The number of aryl methyl sites for hydroxylation is 1. The van der Waals surface area contributed by atoms with Crippen molar-refractivity contribution >= 4 is 0 Å². The summed E-state index contributed by atoms with van der Waals surface area (Å²) in [5.41, 5.74) is 1.90. The van der Waals surface area contributed by atoms with Gasteiger partial charge in [0, 0.05) is 26.6 Å². The highest BCUT2D eigenvalue weighted by Crippen LogP contribution is 2.27. The van der Waals surface area contributed by atoms with E-state index >= 15 is 0 Å². The lowest BCUT2D eigenvalue weighted by molar-refractivity contribution is 0.257. The minimum absolute atomic E-state index is 0.0545. The number of nitrogens with zero attached hydrogens (tertiary/aromatic N) is 4. The van der Waals surface area contributed by atoms with Crippen LogP contribution in [0.3, 0.4) is 0 Å². The molecule has 2 aromatic rings. The van der Waals surface area contributed by atoms with E-state index in [0.717, 1.165) is 25.2 Å². The largest absolute Gasteiger partial charge is 0.345 e. The molecular weight excluding hydrogens is 326 g/mol. The van der Waals surface area contributed by atoms with Crippen LogP contribution in [0.15, 0.2) is 29.1 Å². The van der Waals surface area contributed by atoms with Gasteiger partial charge in [-0.15, -0.1) is 0 Å². The molecule has 6 nitrogen and oxygen atoms in total. The molecule has 0 bridgehead atoms. The van der Waals surface area contributed by atoms with E-state index in [1.807, 2.05) is 24.3 Å². The Balaban J connectivity index is 1.57. The van der Waals surface area contributed by atoms with Crippen molar-refractivity contribution in [1.82, 2.24) is 19.7 Å². The summed E-state index contributed by atoms with van der Waals surface area (Å²) in [6, 6.07) is 10.4. The summed E-state index contributed by atoms with van der Waals surface area (Å²) in [6.45, 7) is 0.925. The summed E-state index contributed by atoms with van der Waals surface area (Å²) in [6.07, 6.45) is 6.67. The number of aromatic nitrogens is 3. The molecule has 2 atom stereocenters. The molecule has 1 saturated carbocycles. The first-order chi connectivity index (χ1) is 12.6. The van der Waals surface area contributed by atoms with Crippen LogP contribution in [0.1, 0.15) is 42.6 Å². The zero-order valence-electron chi connectivity index (χ0n) is 15.6. The number of nitriles is 1. The molecule has 0 unspecified atom stereocenters. The fraction of sp³-hybridized carbons (Fsp3) is 0.550. The molecule has 0 saturated heterocycles. The Morgan fingerprint density at radius 2 is 1.96 bits per heavy atom. The van der Waals surface area contributed by atoms with Crippen LogP contribution < -0.4 is 11.0 Å². The molecule has 1 heterocycles. The molecule has 138 valence electrons. The van der Waals surface area contributed by atoms with Crippen molar-refractivity contribution in [3.05, 3.63) is 51.7 Å². The van der Waals surface area contributed by atoms with E-state index in [1.165, 1.54) is 35.9 Å². The third-order valence-electron chi connectivity index (χ3n) is 5.47. The molecule has 1 aliphatic carbocycles. The molecule has 1 fully saturated rings. The van der Waals surface area contributed by atoms with Crippen LogP contribution in [0, 0.1) is 17.2 Å². The summed E-state index contributed by atoms with van der Waals surface area (Å²) < 4.78 is 3.09. The smallest absolute Gasteiger partial charge is 0.313 e. The Morgan fingerprint density at radius 1 is 1.23 bits per heavy atom. The van der Waals surface area contributed by atoms with Crippen molar-refractivity contribution < 1.29 is 0 Å². The van der Waals surface area contributed by atoms with Crippen molar-refractivity contribution in [3.8, 4) is 6.07 Å². The Labute approximate surface area is 154 Å². The van der Waals surface area contributed by atoms with Gasteiger partial charge in [-0.1, -0.05) is 25.0 Å². The van der Waals surface area contributed by atoms with Crippen molar-refractivity contribution in [2.45, 2.75) is 44.6 Å². The van der Waals surface area contributed by atoms with Gasteiger partial charge in [0.15, 0.2) is 0 Å². The number of benzene rings is 1. The topological polar surface area (TPSA) is 75.6 Å². The highest BCUT2D eigenvalue weighted by atomic mass is 16.2. The lowest BCUT2D eigenvalue weighted by Crippen LogP contribution is -2.40. The molecule has 26 heavy (non-hydrogen) atoms. The van der Waals surface area contributed by atoms with Gasteiger partial charge in [-0.3, -0.25) is 4.57 Å². The maximum absolute atomic E-state index is 11.9. The van der Waals surface area contributed by atoms with Crippen molar-refractivity contribution in [2.75, 3.05) is 6.54 Å². The fourth-order valence-electron chi connectivity index (χ4n) is 3.89.